The molecule has 4 heteroatoms. The van der Waals surface area contributed by atoms with Crippen molar-refractivity contribution in [1.82, 2.24) is 9.97 Å². The molecule has 0 saturated heterocycles. The summed E-state index contributed by atoms with van der Waals surface area (Å²) in [6, 6.07) is 7.27. The fraction of sp³-hybridized carbons (Fsp3) is 0.154. The van der Waals surface area contributed by atoms with Crippen LogP contribution in [0.25, 0.3) is 0 Å². The lowest BCUT2D eigenvalue weighted by Gasteiger charge is -2.05. The molecule has 1 amide bonds. The number of carbonyl (C=O) groups excluding carboxylic acids is 1. The third-order valence-corrected chi connectivity index (χ3v) is 2.49. The molecular weight excluding hydrogens is 214 g/mol. The van der Waals surface area contributed by atoms with E-state index in [1.807, 2.05) is 19.1 Å². The first-order valence-corrected chi connectivity index (χ1v) is 5.32. The van der Waals surface area contributed by atoms with E-state index in [0.29, 0.717) is 12.0 Å². The molecule has 0 bridgehead atoms. The normalized spacial score (nSPS) is 10.2. The molecule has 2 aromatic rings. The van der Waals surface area contributed by atoms with E-state index in [-0.39, 0.29) is 0 Å². The molecular formula is C13H13N3O. The van der Waals surface area contributed by atoms with Crippen LogP contribution in [0.5, 0.6) is 0 Å². The smallest absolute Gasteiger partial charge is 0.248 e. The van der Waals surface area contributed by atoms with Gasteiger partial charge in [-0.1, -0.05) is 18.2 Å². The molecule has 0 aliphatic rings. The zero-order chi connectivity index (χ0) is 12.3. The summed E-state index contributed by atoms with van der Waals surface area (Å²) < 4.78 is 0. The fourth-order valence-corrected chi connectivity index (χ4v) is 1.62. The summed E-state index contributed by atoms with van der Waals surface area (Å²) in [4.78, 5) is 19.7. The average Bonchev–Trinajstić information content (AvgIpc) is 2.32. The maximum Gasteiger partial charge on any atom is 0.248 e. The Morgan fingerprint density at radius 2 is 2.00 bits per heavy atom. The van der Waals surface area contributed by atoms with Crippen LogP contribution in [0.4, 0.5) is 0 Å². The number of carbonyl (C=O) groups is 1. The Kier molecular flexibility index (Phi) is 3.14. The van der Waals surface area contributed by atoms with Crippen molar-refractivity contribution in [1.29, 1.82) is 0 Å². The van der Waals surface area contributed by atoms with Crippen LogP contribution in [0.15, 0.2) is 36.7 Å². The van der Waals surface area contributed by atoms with E-state index in [4.69, 9.17) is 5.73 Å². The van der Waals surface area contributed by atoms with E-state index in [9.17, 15) is 4.79 Å². The number of amides is 1. The highest BCUT2D eigenvalue weighted by Gasteiger charge is 2.08. The maximum absolute atomic E-state index is 11.3. The van der Waals surface area contributed by atoms with E-state index >= 15 is 0 Å². The van der Waals surface area contributed by atoms with E-state index < -0.39 is 5.91 Å². The Labute approximate surface area is 99.5 Å². The highest BCUT2D eigenvalue weighted by atomic mass is 16.1. The number of benzene rings is 1. The number of hydrogen-bond acceptors (Lipinski definition) is 3. The number of primary amides is 1. The third-order valence-electron chi connectivity index (χ3n) is 2.49. The van der Waals surface area contributed by atoms with Gasteiger partial charge in [-0.3, -0.25) is 14.8 Å². The molecule has 0 unspecified atom stereocenters. The predicted molar refractivity (Wildman–Crippen MR) is 64.5 cm³/mol. The van der Waals surface area contributed by atoms with Crippen LogP contribution >= 0.6 is 0 Å². The van der Waals surface area contributed by atoms with Crippen molar-refractivity contribution in [3.63, 3.8) is 0 Å². The zero-order valence-electron chi connectivity index (χ0n) is 9.55. The lowest BCUT2D eigenvalue weighted by molar-refractivity contribution is 0.0999. The van der Waals surface area contributed by atoms with Crippen LogP contribution in [0.1, 0.15) is 27.3 Å². The molecule has 1 heterocycles. The minimum Gasteiger partial charge on any atom is -0.366 e. The lowest BCUT2D eigenvalue weighted by Crippen LogP contribution is -2.14. The second-order valence-electron chi connectivity index (χ2n) is 3.85. The van der Waals surface area contributed by atoms with Crippen molar-refractivity contribution in [3.05, 3.63) is 59.2 Å². The summed E-state index contributed by atoms with van der Waals surface area (Å²) in [7, 11) is 0. The molecule has 17 heavy (non-hydrogen) atoms. The van der Waals surface area contributed by atoms with Crippen molar-refractivity contribution in [2.75, 3.05) is 0 Å². The predicted octanol–water partition coefficient (Wildman–Crippen LogP) is 1.47. The lowest BCUT2D eigenvalue weighted by atomic mass is 10.0. The molecule has 1 aromatic heterocycles. The summed E-state index contributed by atoms with van der Waals surface area (Å²) >= 11 is 0. The quantitative estimate of drug-likeness (QED) is 0.863. The summed E-state index contributed by atoms with van der Waals surface area (Å²) in [6.45, 7) is 1.88. The van der Waals surface area contributed by atoms with E-state index in [1.54, 1.807) is 24.5 Å². The number of aromatic nitrogens is 2. The first kappa shape index (κ1) is 11.3. The second-order valence-corrected chi connectivity index (χ2v) is 3.85. The second kappa shape index (κ2) is 4.74. The van der Waals surface area contributed by atoms with Crippen LogP contribution in [-0.2, 0) is 6.42 Å². The van der Waals surface area contributed by atoms with Gasteiger partial charge in [0.1, 0.15) is 0 Å². The molecule has 1 aromatic carbocycles. The molecule has 0 saturated carbocycles. The monoisotopic (exact) mass is 227 g/mol. The number of aryl methyl sites for hydroxylation is 1. The molecule has 0 aliphatic heterocycles. The van der Waals surface area contributed by atoms with Gasteiger partial charge in [-0.15, -0.1) is 0 Å². The molecule has 86 valence electrons. The van der Waals surface area contributed by atoms with Crippen molar-refractivity contribution >= 4 is 5.91 Å². The van der Waals surface area contributed by atoms with Crippen LogP contribution in [0.3, 0.4) is 0 Å². The van der Waals surface area contributed by atoms with Gasteiger partial charge >= 0.3 is 0 Å². The van der Waals surface area contributed by atoms with Crippen molar-refractivity contribution < 1.29 is 4.79 Å². The van der Waals surface area contributed by atoms with Crippen LogP contribution < -0.4 is 5.73 Å². The van der Waals surface area contributed by atoms with Crippen molar-refractivity contribution in [2.45, 2.75) is 13.3 Å². The Morgan fingerprint density at radius 1 is 1.24 bits per heavy atom. The van der Waals surface area contributed by atoms with Crippen LogP contribution in [0, 0.1) is 6.92 Å². The van der Waals surface area contributed by atoms with E-state index in [1.165, 1.54) is 0 Å². The maximum atomic E-state index is 11.3. The molecule has 0 spiro atoms. The molecule has 2 N–H and O–H groups in total. The first-order valence-electron chi connectivity index (χ1n) is 5.32. The number of rotatable bonds is 3. The highest BCUT2D eigenvalue weighted by Crippen LogP contribution is 2.12. The minimum atomic E-state index is -0.416. The summed E-state index contributed by atoms with van der Waals surface area (Å²) in [6.07, 6.45) is 3.99. The van der Waals surface area contributed by atoms with Gasteiger partial charge in [-0.2, -0.15) is 0 Å². The van der Waals surface area contributed by atoms with E-state index in [0.717, 1.165) is 17.0 Å². The first-order chi connectivity index (χ1) is 8.16. The SMILES string of the molecule is Cc1cnc(Cc2ccccc2C(N)=O)cn1. The Hall–Kier alpha value is -2.23. The Bertz CT molecular complexity index is 535. The van der Waals surface area contributed by atoms with Gasteiger partial charge in [-0.05, 0) is 18.6 Å². The molecule has 0 aliphatic carbocycles. The number of hydrogen-bond donors (Lipinski definition) is 1. The van der Waals surface area contributed by atoms with Gasteiger partial charge in [-0.25, -0.2) is 0 Å². The molecule has 4 nitrogen and oxygen atoms in total. The van der Waals surface area contributed by atoms with Gasteiger partial charge in [0.25, 0.3) is 0 Å². The van der Waals surface area contributed by atoms with Gasteiger partial charge in [0.05, 0.1) is 11.4 Å². The van der Waals surface area contributed by atoms with Crippen LogP contribution in [0.2, 0.25) is 0 Å². The van der Waals surface area contributed by atoms with Gasteiger partial charge < -0.3 is 5.73 Å². The third kappa shape index (κ3) is 2.66. The minimum absolute atomic E-state index is 0.416. The fourth-order valence-electron chi connectivity index (χ4n) is 1.62. The molecule has 2 rings (SSSR count). The topological polar surface area (TPSA) is 68.9 Å². The molecule has 0 radical (unpaired) electrons. The molecule has 0 fully saturated rings. The average molecular weight is 227 g/mol. The summed E-state index contributed by atoms with van der Waals surface area (Å²) in [5, 5.41) is 0. The summed E-state index contributed by atoms with van der Waals surface area (Å²) in [5.74, 6) is -0.416. The van der Waals surface area contributed by atoms with Crippen molar-refractivity contribution in [3.8, 4) is 0 Å². The number of nitrogens with zero attached hydrogens (tertiary/aromatic N) is 2. The Balaban J connectivity index is 2.30. The Morgan fingerprint density at radius 3 is 2.65 bits per heavy atom. The molecule has 0 atom stereocenters. The van der Waals surface area contributed by atoms with Gasteiger partial charge in [0.2, 0.25) is 5.91 Å². The largest absolute Gasteiger partial charge is 0.366 e. The van der Waals surface area contributed by atoms with Crippen LogP contribution in [-0.4, -0.2) is 15.9 Å². The van der Waals surface area contributed by atoms with E-state index in [2.05, 4.69) is 9.97 Å². The van der Waals surface area contributed by atoms with Gasteiger partial charge in [0, 0.05) is 24.4 Å². The summed E-state index contributed by atoms with van der Waals surface area (Å²) in [5.41, 5.74) is 8.42. The van der Waals surface area contributed by atoms with Crippen molar-refractivity contribution in [2.24, 2.45) is 5.73 Å². The standard InChI is InChI=1S/C13H13N3O/c1-9-7-16-11(8-15-9)6-10-4-2-3-5-12(10)13(14)17/h2-5,7-8H,6H2,1H3,(H2,14,17). The zero-order valence-corrected chi connectivity index (χ0v) is 9.55. The van der Waals surface area contributed by atoms with Gasteiger partial charge in [0.15, 0.2) is 0 Å². The number of nitrogens with two attached hydrogens (primary N) is 1. The highest BCUT2D eigenvalue weighted by molar-refractivity contribution is 5.94.